The van der Waals surface area contributed by atoms with Gasteiger partial charge in [-0.1, -0.05) is 188 Å². The van der Waals surface area contributed by atoms with Crippen molar-refractivity contribution < 1.29 is 0 Å². The average molecular weight is 861 g/mol. The molecule has 0 aliphatic rings. The smallest absolute Gasteiger partial charge is 0.238 e. The van der Waals surface area contributed by atoms with Crippen molar-refractivity contribution in [1.82, 2.24) is 28.5 Å². The highest BCUT2D eigenvalue weighted by Crippen LogP contribution is 2.34. The molecule has 66 heavy (non-hydrogen) atoms. The Balaban J connectivity index is 1.08. The summed E-state index contributed by atoms with van der Waals surface area (Å²) in [6, 6.07) is 87.5. The Bertz CT molecular complexity index is 3890. The first-order chi connectivity index (χ1) is 32.7. The molecule has 0 saturated heterocycles. The zero-order valence-electron chi connectivity index (χ0n) is 35.8. The van der Waals surface area contributed by atoms with Crippen LogP contribution in [0.1, 0.15) is 0 Å². The summed E-state index contributed by atoms with van der Waals surface area (Å²) in [5, 5.41) is 7.65. The summed E-state index contributed by atoms with van der Waals surface area (Å²) in [6.07, 6.45) is 0. The number of aromatic nitrogens is 6. The second kappa shape index (κ2) is 15.3. The van der Waals surface area contributed by atoms with E-state index in [4.69, 9.17) is 15.0 Å². The third kappa shape index (κ3) is 5.84. The van der Waals surface area contributed by atoms with Crippen LogP contribution in [0.15, 0.2) is 243 Å². The predicted molar refractivity (Wildman–Crippen MR) is 274 cm³/mol. The first kappa shape index (κ1) is 37.9. The molecule has 0 spiro atoms. The fourth-order valence-corrected chi connectivity index (χ4v) is 15.1. The summed E-state index contributed by atoms with van der Waals surface area (Å²) >= 11 is 0. The Kier molecular flexibility index (Phi) is 8.76. The van der Waals surface area contributed by atoms with E-state index in [1.807, 2.05) is 12.1 Å². The Morgan fingerprint density at radius 3 is 1.58 bits per heavy atom. The number of hydrogen-bond donors (Lipinski definition) is 0. The monoisotopic (exact) mass is 860 g/mol. The van der Waals surface area contributed by atoms with Crippen molar-refractivity contribution in [2.24, 2.45) is 0 Å². The van der Waals surface area contributed by atoms with Crippen molar-refractivity contribution in [2.45, 2.75) is 0 Å². The Labute approximate surface area is 382 Å². The van der Waals surface area contributed by atoms with Crippen molar-refractivity contribution in [3.05, 3.63) is 243 Å². The van der Waals surface area contributed by atoms with Gasteiger partial charge in [0.05, 0.1) is 44.5 Å². The van der Waals surface area contributed by atoms with Crippen LogP contribution in [0.25, 0.3) is 83.8 Å². The summed E-state index contributed by atoms with van der Waals surface area (Å²) in [7, 11) is -3.05. The number of nitrogens with zero attached hydrogens (tertiary/aromatic N) is 6. The van der Waals surface area contributed by atoms with Crippen molar-refractivity contribution >= 4 is 78.5 Å². The second-order valence-corrected chi connectivity index (χ2v) is 20.7. The van der Waals surface area contributed by atoms with E-state index in [0.29, 0.717) is 5.95 Å². The number of para-hydroxylation sites is 6. The SMILES string of the molecule is c1ccc(-c2cc(-c3cccc([Si](c4ccccc4)(c4ccccc4)c4ccc5c(c4)c4ccccc4n5-c4ccccc4)c3)nc(-n3c4ccccc4n4c5ccccc5nc34)n2)cc1. The Morgan fingerprint density at radius 1 is 0.318 bits per heavy atom. The van der Waals surface area contributed by atoms with Crippen molar-refractivity contribution in [3.8, 4) is 34.2 Å². The molecule has 0 N–H and O–H groups in total. The molecule has 0 radical (unpaired) electrons. The maximum Gasteiger partial charge on any atom is 0.238 e. The molecule has 310 valence electrons. The lowest BCUT2D eigenvalue weighted by atomic mass is 10.1. The maximum atomic E-state index is 5.50. The summed E-state index contributed by atoms with van der Waals surface area (Å²) < 4.78 is 6.73. The normalized spacial score (nSPS) is 11.9. The summed E-state index contributed by atoms with van der Waals surface area (Å²) in [5.41, 5.74) is 11.2. The zero-order valence-corrected chi connectivity index (χ0v) is 36.8. The number of imidazole rings is 2. The van der Waals surface area contributed by atoms with Gasteiger partial charge in [0.15, 0.2) is 8.07 Å². The number of fused-ring (bicyclic) bond motifs is 8. The molecule has 0 amide bonds. The molecular formula is C59H40N6Si. The molecule has 0 bridgehead atoms. The fourth-order valence-electron chi connectivity index (χ4n) is 10.3. The Hall–Kier alpha value is -8.65. The molecular weight excluding hydrogens is 821 g/mol. The van der Waals surface area contributed by atoms with Gasteiger partial charge >= 0.3 is 0 Å². The molecule has 0 atom stereocenters. The molecule has 0 saturated carbocycles. The molecule has 13 aromatic rings. The molecule has 13 rings (SSSR count). The molecule has 7 heteroatoms. The molecule has 0 unspecified atom stereocenters. The highest BCUT2D eigenvalue weighted by atomic mass is 28.3. The van der Waals surface area contributed by atoms with Gasteiger partial charge in [-0.3, -0.25) is 4.40 Å². The van der Waals surface area contributed by atoms with Crippen LogP contribution in [-0.4, -0.2) is 36.6 Å². The number of hydrogen-bond acceptors (Lipinski definition) is 3. The van der Waals surface area contributed by atoms with E-state index in [2.05, 4.69) is 244 Å². The van der Waals surface area contributed by atoms with Crippen LogP contribution in [0.3, 0.4) is 0 Å². The van der Waals surface area contributed by atoms with Crippen LogP contribution in [-0.2, 0) is 0 Å². The van der Waals surface area contributed by atoms with Crippen molar-refractivity contribution in [2.75, 3.05) is 0 Å². The predicted octanol–water partition coefficient (Wildman–Crippen LogP) is 11.0. The largest absolute Gasteiger partial charge is 0.309 e. The first-order valence-corrected chi connectivity index (χ1v) is 24.4. The van der Waals surface area contributed by atoms with Crippen molar-refractivity contribution in [1.29, 1.82) is 0 Å². The summed E-state index contributed by atoms with van der Waals surface area (Å²) in [5.74, 6) is 1.33. The molecule has 0 aliphatic carbocycles. The van der Waals surface area contributed by atoms with Crippen LogP contribution in [0, 0.1) is 0 Å². The maximum absolute atomic E-state index is 5.50. The van der Waals surface area contributed by atoms with Crippen LogP contribution in [0.2, 0.25) is 0 Å². The van der Waals surface area contributed by atoms with E-state index in [0.717, 1.165) is 56.0 Å². The lowest BCUT2D eigenvalue weighted by molar-refractivity contribution is 0.972. The van der Waals surface area contributed by atoms with Gasteiger partial charge in [0.25, 0.3) is 0 Å². The molecule has 6 nitrogen and oxygen atoms in total. The minimum Gasteiger partial charge on any atom is -0.309 e. The van der Waals surface area contributed by atoms with Gasteiger partial charge in [0, 0.05) is 27.6 Å². The fraction of sp³-hybridized carbons (Fsp3) is 0. The first-order valence-electron chi connectivity index (χ1n) is 22.4. The standard InChI is InChI=1S/C59H40N6Si/c1-5-20-41(21-6-1)51-40-52(61-58(60-51)65-57-35-18-17-34-56(57)64-55-33-16-14-31-50(55)62-59(64)65)42-22-19-29-46(38-42)66(44-25-9-3-10-26-44,45-27-11-4-12-28-45)47-36-37-54-49(39-47)48-30-13-15-32-53(48)63(54)43-23-7-2-8-24-43/h1-40H. The van der Waals surface area contributed by atoms with Gasteiger partial charge in [-0.05, 0) is 75.3 Å². The molecule has 4 aromatic heterocycles. The third-order valence-electron chi connectivity index (χ3n) is 13.2. The van der Waals surface area contributed by atoms with E-state index in [-0.39, 0.29) is 0 Å². The number of rotatable bonds is 8. The van der Waals surface area contributed by atoms with Crippen LogP contribution in [0.4, 0.5) is 0 Å². The van der Waals surface area contributed by atoms with Crippen molar-refractivity contribution in [3.63, 3.8) is 0 Å². The third-order valence-corrected chi connectivity index (χ3v) is 18.0. The van der Waals surface area contributed by atoms with E-state index in [9.17, 15) is 0 Å². The van der Waals surface area contributed by atoms with E-state index >= 15 is 0 Å². The minimum atomic E-state index is -3.05. The van der Waals surface area contributed by atoms with E-state index in [1.54, 1.807) is 0 Å². The van der Waals surface area contributed by atoms with Gasteiger partial charge in [-0.25, -0.2) is 19.5 Å². The topological polar surface area (TPSA) is 52.9 Å². The highest BCUT2D eigenvalue weighted by Gasteiger charge is 2.42. The Morgan fingerprint density at radius 2 is 0.848 bits per heavy atom. The molecule has 4 heterocycles. The second-order valence-electron chi connectivity index (χ2n) is 16.8. The quantitative estimate of drug-likeness (QED) is 0.113. The number of benzene rings is 9. The van der Waals surface area contributed by atoms with Crippen LogP contribution in [0.5, 0.6) is 0 Å². The van der Waals surface area contributed by atoms with Gasteiger partial charge in [-0.15, -0.1) is 0 Å². The van der Waals surface area contributed by atoms with E-state index < -0.39 is 8.07 Å². The van der Waals surface area contributed by atoms with Crippen LogP contribution < -0.4 is 20.7 Å². The zero-order chi connectivity index (χ0) is 43.6. The van der Waals surface area contributed by atoms with Gasteiger partial charge in [0.2, 0.25) is 11.7 Å². The molecule has 0 aliphatic heterocycles. The van der Waals surface area contributed by atoms with Gasteiger partial charge in [-0.2, -0.15) is 0 Å². The lowest BCUT2D eigenvalue weighted by Gasteiger charge is -2.35. The lowest BCUT2D eigenvalue weighted by Crippen LogP contribution is -2.74. The molecule has 0 fully saturated rings. The highest BCUT2D eigenvalue weighted by molar-refractivity contribution is 7.20. The van der Waals surface area contributed by atoms with Gasteiger partial charge in [0.1, 0.15) is 0 Å². The molecule has 9 aromatic carbocycles. The van der Waals surface area contributed by atoms with Crippen LogP contribution >= 0.6 is 0 Å². The minimum absolute atomic E-state index is 0.563. The average Bonchev–Trinajstić information content (AvgIpc) is 4.05. The summed E-state index contributed by atoms with van der Waals surface area (Å²) in [6.45, 7) is 0. The van der Waals surface area contributed by atoms with Gasteiger partial charge < -0.3 is 4.57 Å². The van der Waals surface area contributed by atoms with E-state index in [1.165, 1.54) is 42.6 Å². The summed E-state index contributed by atoms with van der Waals surface area (Å²) in [4.78, 5) is 16.0.